The molecule has 120 valence electrons. The van der Waals surface area contributed by atoms with Gasteiger partial charge in [0, 0.05) is 18.7 Å². The Labute approximate surface area is 130 Å². The van der Waals surface area contributed by atoms with E-state index in [0.717, 1.165) is 5.56 Å². The van der Waals surface area contributed by atoms with Crippen molar-refractivity contribution in [1.29, 1.82) is 0 Å². The molecule has 0 saturated carbocycles. The average molecular weight is 324 g/mol. The minimum absolute atomic E-state index is 0.0245. The van der Waals surface area contributed by atoms with E-state index in [1.165, 1.54) is 11.8 Å². The molecule has 0 aliphatic carbocycles. The predicted molar refractivity (Wildman–Crippen MR) is 84.4 cm³/mol. The SMILES string of the molecule is CC(=O)N(CC(=O)NC1CCS(=O)(=O)C1)c1cccc(C)c1. The summed E-state index contributed by atoms with van der Waals surface area (Å²) in [6.45, 7) is 3.19. The van der Waals surface area contributed by atoms with E-state index in [0.29, 0.717) is 12.1 Å². The number of benzene rings is 1. The molecule has 7 heteroatoms. The zero-order valence-electron chi connectivity index (χ0n) is 12.7. The maximum absolute atomic E-state index is 12.1. The lowest BCUT2D eigenvalue weighted by Gasteiger charge is -2.22. The van der Waals surface area contributed by atoms with Crippen molar-refractivity contribution < 1.29 is 18.0 Å². The predicted octanol–water partition coefficient (Wildman–Crippen LogP) is 0.651. The molecule has 1 unspecified atom stereocenters. The van der Waals surface area contributed by atoms with Crippen LogP contribution < -0.4 is 10.2 Å². The molecule has 1 heterocycles. The molecule has 0 radical (unpaired) electrons. The number of rotatable bonds is 4. The third-order valence-corrected chi connectivity index (χ3v) is 5.36. The van der Waals surface area contributed by atoms with Gasteiger partial charge in [-0.05, 0) is 31.0 Å². The zero-order chi connectivity index (χ0) is 16.3. The van der Waals surface area contributed by atoms with Crippen LogP contribution in [0, 0.1) is 6.92 Å². The second-order valence-corrected chi connectivity index (χ2v) is 7.84. The lowest BCUT2D eigenvalue weighted by Crippen LogP contribution is -2.44. The van der Waals surface area contributed by atoms with Crippen molar-refractivity contribution in [3.8, 4) is 0 Å². The molecule has 22 heavy (non-hydrogen) atoms. The van der Waals surface area contributed by atoms with E-state index >= 15 is 0 Å². The van der Waals surface area contributed by atoms with Gasteiger partial charge in [-0.3, -0.25) is 9.59 Å². The average Bonchev–Trinajstić information content (AvgIpc) is 2.74. The number of anilines is 1. The quantitative estimate of drug-likeness (QED) is 0.881. The van der Waals surface area contributed by atoms with E-state index in [9.17, 15) is 18.0 Å². The largest absolute Gasteiger partial charge is 0.351 e. The summed E-state index contributed by atoms with van der Waals surface area (Å²) in [4.78, 5) is 25.2. The summed E-state index contributed by atoms with van der Waals surface area (Å²) in [6, 6.07) is 6.97. The first-order valence-electron chi connectivity index (χ1n) is 7.11. The number of amides is 2. The fourth-order valence-corrected chi connectivity index (χ4v) is 4.18. The minimum atomic E-state index is -3.04. The molecule has 1 N–H and O–H groups in total. The van der Waals surface area contributed by atoms with Crippen LogP contribution in [0.25, 0.3) is 0 Å². The normalized spacial score (nSPS) is 19.6. The summed E-state index contributed by atoms with van der Waals surface area (Å²) in [5.41, 5.74) is 1.65. The maximum atomic E-state index is 12.1. The summed E-state index contributed by atoms with van der Waals surface area (Å²) < 4.78 is 22.8. The Morgan fingerprint density at radius 3 is 2.64 bits per heavy atom. The number of hydrogen-bond acceptors (Lipinski definition) is 4. The lowest BCUT2D eigenvalue weighted by molar-refractivity contribution is -0.123. The maximum Gasteiger partial charge on any atom is 0.240 e. The van der Waals surface area contributed by atoms with E-state index in [4.69, 9.17) is 0 Å². The summed E-state index contributed by atoms with van der Waals surface area (Å²) in [5, 5.41) is 2.69. The van der Waals surface area contributed by atoms with Gasteiger partial charge in [-0.1, -0.05) is 12.1 Å². The highest BCUT2D eigenvalue weighted by molar-refractivity contribution is 7.91. The Bertz CT molecular complexity index is 685. The van der Waals surface area contributed by atoms with Gasteiger partial charge in [0.25, 0.3) is 0 Å². The first-order valence-corrected chi connectivity index (χ1v) is 8.93. The smallest absolute Gasteiger partial charge is 0.240 e. The Morgan fingerprint density at radius 1 is 1.36 bits per heavy atom. The summed E-state index contributed by atoms with van der Waals surface area (Å²) in [6.07, 6.45) is 0.429. The van der Waals surface area contributed by atoms with Gasteiger partial charge >= 0.3 is 0 Å². The molecule has 6 nitrogen and oxygen atoms in total. The van der Waals surface area contributed by atoms with E-state index in [1.54, 1.807) is 6.07 Å². The number of nitrogens with zero attached hydrogens (tertiary/aromatic N) is 1. The highest BCUT2D eigenvalue weighted by Gasteiger charge is 2.29. The summed E-state index contributed by atoms with van der Waals surface area (Å²) >= 11 is 0. The molecule has 0 bridgehead atoms. The highest BCUT2D eigenvalue weighted by atomic mass is 32.2. The molecular weight excluding hydrogens is 304 g/mol. The van der Waals surface area contributed by atoms with Crippen molar-refractivity contribution in [1.82, 2.24) is 5.32 Å². The number of hydrogen-bond donors (Lipinski definition) is 1. The Morgan fingerprint density at radius 2 is 2.09 bits per heavy atom. The van der Waals surface area contributed by atoms with Crippen LogP contribution in [-0.2, 0) is 19.4 Å². The van der Waals surface area contributed by atoms with Gasteiger partial charge in [0.1, 0.15) is 6.54 Å². The number of carbonyl (C=O) groups excluding carboxylic acids is 2. The first-order chi connectivity index (χ1) is 10.3. The van der Waals surface area contributed by atoms with Gasteiger partial charge in [-0.15, -0.1) is 0 Å². The standard InChI is InChI=1S/C15H20N2O4S/c1-11-4-3-5-14(8-11)17(12(2)18)9-15(19)16-13-6-7-22(20,21)10-13/h3-5,8,13H,6-7,9-10H2,1-2H3,(H,16,19). The first kappa shape index (κ1) is 16.5. The number of sulfone groups is 1. The van der Waals surface area contributed by atoms with E-state index in [-0.39, 0.29) is 35.9 Å². The number of aryl methyl sites for hydroxylation is 1. The van der Waals surface area contributed by atoms with Crippen LogP contribution >= 0.6 is 0 Å². The third kappa shape index (κ3) is 4.30. The molecule has 1 aliphatic rings. The molecule has 2 amide bonds. The zero-order valence-corrected chi connectivity index (χ0v) is 13.5. The van der Waals surface area contributed by atoms with Crippen molar-refractivity contribution in [3.63, 3.8) is 0 Å². The van der Waals surface area contributed by atoms with Crippen LogP contribution in [0.1, 0.15) is 18.9 Å². The van der Waals surface area contributed by atoms with Crippen molar-refractivity contribution in [2.75, 3.05) is 23.0 Å². The van der Waals surface area contributed by atoms with E-state index in [2.05, 4.69) is 5.32 Å². The molecule has 1 saturated heterocycles. The van der Waals surface area contributed by atoms with Gasteiger partial charge in [-0.25, -0.2) is 8.42 Å². The summed E-state index contributed by atoms with van der Waals surface area (Å²) in [7, 11) is -3.04. The molecule has 1 aromatic carbocycles. The lowest BCUT2D eigenvalue weighted by atomic mass is 10.2. The van der Waals surface area contributed by atoms with Crippen molar-refractivity contribution in [2.45, 2.75) is 26.3 Å². The van der Waals surface area contributed by atoms with Crippen LogP contribution in [-0.4, -0.2) is 44.3 Å². The monoisotopic (exact) mass is 324 g/mol. The second-order valence-electron chi connectivity index (χ2n) is 5.61. The second kappa shape index (κ2) is 6.48. The van der Waals surface area contributed by atoms with Crippen LogP contribution in [0.5, 0.6) is 0 Å². The van der Waals surface area contributed by atoms with Gasteiger partial charge in [0.2, 0.25) is 11.8 Å². The van der Waals surface area contributed by atoms with Crippen molar-refractivity contribution in [2.24, 2.45) is 0 Å². The third-order valence-electron chi connectivity index (χ3n) is 3.59. The van der Waals surface area contributed by atoms with Gasteiger partial charge in [0.05, 0.1) is 11.5 Å². The molecule has 1 aliphatic heterocycles. The Kier molecular flexibility index (Phi) is 4.85. The molecule has 1 aromatic rings. The van der Waals surface area contributed by atoms with Crippen LogP contribution in [0.2, 0.25) is 0 Å². The highest BCUT2D eigenvalue weighted by Crippen LogP contribution is 2.16. The van der Waals surface area contributed by atoms with Crippen molar-refractivity contribution in [3.05, 3.63) is 29.8 Å². The van der Waals surface area contributed by atoms with E-state index in [1.807, 2.05) is 25.1 Å². The molecule has 1 fully saturated rings. The fourth-order valence-electron chi connectivity index (χ4n) is 2.51. The molecule has 1 atom stereocenters. The number of nitrogens with one attached hydrogen (secondary N) is 1. The number of carbonyl (C=O) groups is 2. The summed E-state index contributed by atoms with van der Waals surface area (Å²) in [5.74, 6) is -0.506. The van der Waals surface area contributed by atoms with Crippen LogP contribution in [0.15, 0.2) is 24.3 Å². The van der Waals surface area contributed by atoms with Gasteiger partial charge < -0.3 is 10.2 Å². The molecular formula is C15H20N2O4S. The molecule has 0 aromatic heterocycles. The molecule has 0 spiro atoms. The van der Waals surface area contributed by atoms with Crippen LogP contribution in [0.4, 0.5) is 5.69 Å². The van der Waals surface area contributed by atoms with Gasteiger partial charge in [0.15, 0.2) is 9.84 Å². The topological polar surface area (TPSA) is 83.6 Å². The van der Waals surface area contributed by atoms with Crippen LogP contribution in [0.3, 0.4) is 0 Å². The Hall–Kier alpha value is -1.89. The Balaban J connectivity index is 2.02. The van der Waals surface area contributed by atoms with Crippen molar-refractivity contribution >= 4 is 27.3 Å². The van der Waals surface area contributed by atoms with Gasteiger partial charge in [-0.2, -0.15) is 0 Å². The fraction of sp³-hybridized carbons (Fsp3) is 0.467. The molecule has 2 rings (SSSR count). The van der Waals surface area contributed by atoms with E-state index < -0.39 is 9.84 Å². The minimum Gasteiger partial charge on any atom is -0.351 e.